The summed E-state index contributed by atoms with van der Waals surface area (Å²) in [6.07, 6.45) is 5.38. The average molecular weight is 251 g/mol. The molecule has 0 aliphatic carbocycles. The van der Waals surface area contributed by atoms with Gasteiger partial charge in [-0.05, 0) is 44.0 Å². The van der Waals surface area contributed by atoms with Crippen LogP contribution in [0.15, 0.2) is 60.8 Å². The molecular weight excluding hydrogens is 230 g/mol. The van der Waals surface area contributed by atoms with Gasteiger partial charge >= 0.3 is 0 Å². The van der Waals surface area contributed by atoms with Crippen LogP contribution in [-0.2, 0) is 0 Å². The van der Waals surface area contributed by atoms with E-state index >= 15 is 0 Å². The summed E-state index contributed by atoms with van der Waals surface area (Å²) in [6, 6.07) is 17.1. The fourth-order valence-corrected chi connectivity index (χ4v) is 2.18. The van der Waals surface area contributed by atoms with Gasteiger partial charge < -0.3 is 4.90 Å². The first-order valence-corrected chi connectivity index (χ1v) is 6.80. The quantitative estimate of drug-likeness (QED) is 0.706. The zero-order chi connectivity index (χ0) is 13.7. The van der Waals surface area contributed by atoms with Gasteiger partial charge in [-0.1, -0.05) is 48.9 Å². The predicted octanol–water partition coefficient (Wildman–Crippen LogP) is 5.37. The second-order valence-electron chi connectivity index (χ2n) is 4.79. The molecule has 0 heterocycles. The highest BCUT2D eigenvalue weighted by Crippen LogP contribution is 2.29. The van der Waals surface area contributed by atoms with Crippen LogP contribution in [0.25, 0.3) is 0 Å². The summed E-state index contributed by atoms with van der Waals surface area (Å²) in [5.41, 5.74) is 5.03. The molecular formula is C18H21N. The van der Waals surface area contributed by atoms with Gasteiger partial charge in [0.15, 0.2) is 0 Å². The maximum Gasteiger partial charge on any atom is 0.0484 e. The number of nitrogens with zero attached hydrogens (tertiary/aromatic N) is 1. The van der Waals surface area contributed by atoms with E-state index in [2.05, 4.69) is 80.4 Å². The van der Waals surface area contributed by atoms with E-state index in [1.165, 1.54) is 22.5 Å². The number of allylic oxidation sites excluding steroid dienone is 1. The van der Waals surface area contributed by atoms with Crippen LogP contribution in [0.1, 0.15) is 24.5 Å². The van der Waals surface area contributed by atoms with Crippen LogP contribution in [0.3, 0.4) is 0 Å². The third kappa shape index (κ3) is 3.25. The van der Waals surface area contributed by atoms with Gasteiger partial charge in [0, 0.05) is 17.6 Å². The summed E-state index contributed by atoms with van der Waals surface area (Å²) >= 11 is 0. The normalized spacial score (nSPS) is 10.9. The highest BCUT2D eigenvalue weighted by molar-refractivity contribution is 5.69. The Hall–Kier alpha value is -2.02. The monoisotopic (exact) mass is 251 g/mol. The van der Waals surface area contributed by atoms with Crippen molar-refractivity contribution in [1.29, 1.82) is 0 Å². The lowest BCUT2D eigenvalue weighted by molar-refractivity contribution is 1.17. The Morgan fingerprint density at radius 1 is 1.00 bits per heavy atom. The van der Waals surface area contributed by atoms with Gasteiger partial charge in [0.05, 0.1) is 0 Å². The zero-order valence-corrected chi connectivity index (χ0v) is 11.9. The standard InChI is InChI=1S/C18H21N/c1-4-5-13-19(17-9-7-6-8-10-17)18-12-11-15(2)14-16(18)3/h5-14H,4H2,1-3H3/b13-5+. The van der Waals surface area contributed by atoms with Gasteiger partial charge in [0.25, 0.3) is 0 Å². The SMILES string of the molecule is CC/C=C/N(c1ccccc1)c1ccc(C)cc1C. The van der Waals surface area contributed by atoms with Crippen molar-refractivity contribution in [1.82, 2.24) is 0 Å². The number of rotatable bonds is 4. The fraction of sp³-hybridized carbons (Fsp3) is 0.222. The molecule has 0 aromatic heterocycles. The molecule has 0 fully saturated rings. The molecule has 2 rings (SSSR count). The summed E-state index contributed by atoms with van der Waals surface area (Å²) in [4.78, 5) is 2.25. The highest BCUT2D eigenvalue weighted by atomic mass is 15.1. The first-order valence-electron chi connectivity index (χ1n) is 6.80. The molecule has 1 heteroatoms. The Kier molecular flexibility index (Phi) is 4.40. The van der Waals surface area contributed by atoms with Crippen molar-refractivity contribution in [3.63, 3.8) is 0 Å². The van der Waals surface area contributed by atoms with Crippen molar-refractivity contribution < 1.29 is 0 Å². The summed E-state index contributed by atoms with van der Waals surface area (Å²) < 4.78 is 0. The van der Waals surface area contributed by atoms with Gasteiger partial charge in [-0.25, -0.2) is 0 Å². The zero-order valence-electron chi connectivity index (χ0n) is 11.9. The van der Waals surface area contributed by atoms with Crippen molar-refractivity contribution in [2.45, 2.75) is 27.2 Å². The van der Waals surface area contributed by atoms with Crippen LogP contribution in [0.4, 0.5) is 11.4 Å². The van der Waals surface area contributed by atoms with Crippen molar-refractivity contribution in [2.75, 3.05) is 4.90 Å². The third-order valence-corrected chi connectivity index (χ3v) is 3.14. The average Bonchev–Trinajstić information content (AvgIpc) is 2.42. The van der Waals surface area contributed by atoms with Gasteiger partial charge in [-0.15, -0.1) is 0 Å². The largest absolute Gasteiger partial charge is 0.317 e. The second kappa shape index (κ2) is 6.24. The molecule has 0 N–H and O–H groups in total. The summed E-state index contributed by atoms with van der Waals surface area (Å²) in [5.74, 6) is 0. The summed E-state index contributed by atoms with van der Waals surface area (Å²) in [5, 5.41) is 0. The topological polar surface area (TPSA) is 3.24 Å². The molecule has 0 aliphatic rings. The lowest BCUT2D eigenvalue weighted by Gasteiger charge is -2.23. The predicted molar refractivity (Wildman–Crippen MR) is 83.9 cm³/mol. The first kappa shape index (κ1) is 13.4. The van der Waals surface area contributed by atoms with Gasteiger partial charge in [-0.3, -0.25) is 0 Å². The number of para-hydroxylation sites is 1. The molecule has 0 bridgehead atoms. The van der Waals surface area contributed by atoms with E-state index in [4.69, 9.17) is 0 Å². The molecule has 0 amide bonds. The highest BCUT2D eigenvalue weighted by Gasteiger charge is 2.08. The van der Waals surface area contributed by atoms with E-state index < -0.39 is 0 Å². The van der Waals surface area contributed by atoms with Crippen molar-refractivity contribution in [3.05, 3.63) is 71.9 Å². The molecule has 0 unspecified atom stereocenters. The number of benzene rings is 2. The lowest BCUT2D eigenvalue weighted by atomic mass is 10.1. The third-order valence-electron chi connectivity index (χ3n) is 3.14. The molecule has 0 atom stereocenters. The molecule has 0 saturated carbocycles. The second-order valence-corrected chi connectivity index (χ2v) is 4.79. The number of aryl methyl sites for hydroxylation is 2. The Bertz CT molecular complexity index is 555. The molecule has 19 heavy (non-hydrogen) atoms. The number of hydrogen-bond acceptors (Lipinski definition) is 1. The Balaban J connectivity index is 2.46. The number of anilines is 2. The maximum absolute atomic E-state index is 2.25. The molecule has 0 aliphatic heterocycles. The minimum atomic E-state index is 1.04. The summed E-state index contributed by atoms with van der Waals surface area (Å²) in [6.45, 7) is 6.45. The van der Waals surface area contributed by atoms with Crippen molar-refractivity contribution in [3.8, 4) is 0 Å². The summed E-state index contributed by atoms with van der Waals surface area (Å²) in [7, 11) is 0. The molecule has 2 aromatic carbocycles. The van der Waals surface area contributed by atoms with Crippen molar-refractivity contribution >= 4 is 11.4 Å². The van der Waals surface area contributed by atoms with Crippen LogP contribution in [0, 0.1) is 13.8 Å². The minimum absolute atomic E-state index is 1.04. The van der Waals surface area contributed by atoms with E-state index in [0.717, 1.165) is 6.42 Å². The van der Waals surface area contributed by atoms with Gasteiger partial charge in [0.2, 0.25) is 0 Å². The van der Waals surface area contributed by atoms with Crippen LogP contribution in [-0.4, -0.2) is 0 Å². The first-order chi connectivity index (χ1) is 9.22. The van der Waals surface area contributed by atoms with Gasteiger partial charge in [0.1, 0.15) is 0 Å². The lowest BCUT2D eigenvalue weighted by Crippen LogP contribution is -2.09. The molecule has 0 spiro atoms. The molecule has 0 saturated heterocycles. The van der Waals surface area contributed by atoms with Crippen LogP contribution < -0.4 is 4.90 Å². The van der Waals surface area contributed by atoms with E-state index in [1.54, 1.807) is 0 Å². The molecule has 98 valence electrons. The number of hydrogen-bond donors (Lipinski definition) is 0. The van der Waals surface area contributed by atoms with Crippen molar-refractivity contribution in [2.24, 2.45) is 0 Å². The van der Waals surface area contributed by atoms with Crippen LogP contribution in [0.2, 0.25) is 0 Å². The van der Waals surface area contributed by atoms with E-state index in [-0.39, 0.29) is 0 Å². The molecule has 2 aromatic rings. The minimum Gasteiger partial charge on any atom is -0.317 e. The van der Waals surface area contributed by atoms with Crippen LogP contribution >= 0.6 is 0 Å². The maximum atomic E-state index is 2.25. The fourth-order valence-electron chi connectivity index (χ4n) is 2.18. The van der Waals surface area contributed by atoms with E-state index in [1.807, 2.05) is 6.07 Å². The molecule has 0 radical (unpaired) electrons. The smallest absolute Gasteiger partial charge is 0.0484 e. The molecule has 1 nitrogen and oxygen atoms in total. The Labute approximate surface area is 116 Å². The van der Waals surface area contributed by atoms with E-state index in [9.17, 15) is 0 Å². The Morgan fingerprint density at radius 3 is 2.37 bits per heavy atom. The Morgan fingerprint density at radius 2 is 1.74 bits per heavy atom. The van der Waals surface area contributed by atoms with Gasteiger partial charge in [-0.2, -0.15) is 0 Å². The van der Waals surface area contributed by atoms with Crippen LogP contribution in [0.5, 0.6) is 0 Å². The van der Waals surface area contributed by atoms with E-state index in [0.29, 0.717) is 0 Å².